The number of carbonyl (C=O) groups is 2. The second-order valence-corrected chi connectivity index (χ2v) is 4.29. The number of aromatic amines is 1. The van der Waals surface area contributed by atoms with Crippen molar-refractivity contribution in [3.63, 3.8) is 0 Å². The average Bonchev–Trinajstić information content (AvgIpc) is 2.97. The highest BCUT2D eigenvalue weighted by molar-refractivity contribution is 6.04. The Kier molecular flexibility index (Phi) is 2.47. The Morgan fingerprint density at radius 1 is 1.44 bits per heavy atom. The number of hydrogen-bond acceptors (Lipinski definition) is 3. The van der Waals surface area contributed by atoms with Crippen LogP contribution in [0.15, 0.2) is 24.4 Å². The molecule has 1 fully saturated rings. The van der Waals surface area contributed by atoms with Crippen LogP contribution >= 0.6 is 0 Å². The summed E-state index contributed by atoms with van der Waals surface area (Å²) in [7, 11) is 0. The van der Waals surface area contributed by atoms with Crippen LogP contribution in [-0.2, 0) is 9.59 Å². The average molecular weight is 244 g/mol. The summed E-state index contributed by atoms with van der Waals surface area (Å²) in [6, 6.07) is 5.12. The van der Waals surface area contributed by atoms with Gasteiger partial charge in [0.25, 0.3) is 0 Å². The third-order valence-electron chi connectivity index (χ3n) is 3.05. The zero-order valence-electron chi connectivity index (χ0n) is 9.56. The number of anilines is 1. The van der Waals surface area contributed by atoms with E-state index in [0.717, 1.165) is 10.9 Å². The minimum Gasteiger partial charge on any atom is -0.344 e. The van der Waals surface area contributed by atoms with Crippen LogP contribution in [0, 0.1) is 0 Å². The monoisotopic (exact) mass is 244 g/mol. The van der Waals surface area contributed by atoms with Crippen LogP contribution in [0.2, 0.25) is 0 Å². The van der Waals surface area contributed by atoms with Gasteiger partial charge in [-0.25, -0.2) is 0 Å². The van der Waals surface area contributed by atoms with Crippen LogP contribution < -0.4 is 10.6 Å². The zero-order valence-corrected chi connectivity index (χ0v) is 9.56. The predicted molar refractivity (Wildman–Crippen MR) is 65.9 cm³/mol. The normalized spacial score (nSPS) is 18.9. The summed E-state index contributed by atoms with van der Waals surface area (Å²) >= 11 is 0. The zero-order chi connectivity index (χ0) is 12.5. The molecule has 0 spiro atoms. The standard InChI is InChI=1S/C12H12N4O2/c17-10-5-4-9(14-10)12(18)15-8-3-1-2-7-6-13-16-11(7)8/h1-3,6,9H,4-5H2,(H,13,16)(H,14,17)(H,15,18). The molecule has 92 valence electrons. The summed E-state index contributed by atoms with van der Waals surface area (Å²) in [4.78, 5) is 23.0. The number of rotatable bonds is 2. The minimum absolute atomic E-state index is 0.0742. The fourth-order valence-electron chi connectivity index (χ4n) is 2.10. The molecule has 0 saturated carbocycles. The lowest BCUT2D eigenvalue weighted by Gasteiger charge is -2.11. The van der Waals surface area contributed by atoms with Gasteiger partial charge in [0, 0.05) is 11.8 Å². The Morgan fingerprint density at radius 2 is 2.33 bits per heavy atom. The molecule has 2 amide bonds. The first-order valence-corrected chi connectivity index (χ1v) is 5.76. The van der Waals surface area contributed by atoms with E-state index in [-0.39, 0.29) is 11.8 Å². The Bertz CT molecular complexity index is 619. The van der Waals surface area contributed by atoms with Crippen molar-refractivity contribution < 1.29 is 9.59 Å². The summed E-state index contributed by atoms with van der Waals surface area (Å²) in [5.74, 6) is -0.266. The van der Waals surface area contributed by atoms with Crippen molar-refractivity contribution in [2.75, 3.05) is 5.32 Å². The van der Waals surface area contributed by atoms with Crippen molar-refractivity contribution in [1.29, 1.82) is 0 Å². The molecule has 3 rings (SSSR count). The minimum atomic E-state index is -0.435. The van der Waals surface area contributed by atoms with Crippen LogP contribution in [0.1, 0.15) is 12.8 Å². The molecule has 1 aromatic carbocycles. The number of nitrogens with one attached hydrogen (secondary N) is 3. The smallest absolute Gasteiger partial charge is 0.247 e. The molecule has 0 radical (unpaired) electrons. The molecule has 0 bridgehead atoms. The molecule has 3 N–H and O–H groups in total. The molecule has 1 atom stereocenters. The number of fused-ring (bicyclic) bond motifs is 1. The number of carbonyl (C=O) groups excluding carboxylic acids is 2. The Balaban J connectivity index is 1.82. The Morgan fingerprint density at radius 3 is 3.11 bits per heavy atom. The van der Waals surface area contributed by atoms with Gasteiger partial charge >= 0.3 is 0 Å². The number of H-pyrrole nitrogens is 1. The summed E-state index contributed by atoms with van der Waals surface area (Å²) in [5, 5.41) is 13.2. The van der Waals surface area contributed by atoms with Gasteiger partial charge in [0.05, 0.1) is 17.4 Å². The third-order valence-corrected chi connectivity index (χ3v) is 3.05. The highest BCUT2D eigenvalue weighted by Crippen LogP contribution is 2.21. The number of nitrogens with zero attached hydrogens (tertiary/aromatic N) is 1. The van der Waals surface area contributed by atoms with E-state index < -0.39 is 6.04 Å². The number of para-hydroxylation sites is 1. The molecule has 18 heavy (non-hydrogen) atoms. The second-order valence-electron chi connectivity index (χ2n) is 4.29. The van der Waals surface area contributed by atoms with Crippen molar-refractivity contribution in [1.82, 2.24) is 15.5 Å². The lowest BCUT2D eigenvalue weighted by atomic mass is 10.2. The lowest BCUT2D eigenvalue weighted by molar-refractivity contribution is -0.122. The van der Waals surface area contributed by atoms with E-state index in [0.29, 0.717) is 18.5 Å². The first-order valence-electron chi connectivity index (χ1n) is 5.76. The van der Waals surface area contributed by atoms with Gasteiger partial charge in [-0.2, -0.15) is 5.10 Å². The van der Waals surface area contributed by atoms with Gasteiger partial charge in [-0.3, -0.25) is 14.7 Å². The largest absolute Gasteiger partial charge is 0.344 e. The molecular weight excluding hydrogens is 232 g/mol. The predicted octanol–water partition coefficient (Wildman–Crippen LogP) is 0.780. The van der Waals surface area contributed by atoms with E-state index in [4.69, 9.17) is 0 Å². The maximum Gasteiger partial charge on any atom is 0.247 e. The second kappa shape index (κ2) is 4.14. The van der Waals surface area contributed by atoms with Gasteiger partial charge < -0.3 is 10.6 Å². The van der Waals surface area contributed by atoms with Crippen molar-refractivity contribution in [3.8, 4) is 0 Å². The molecule has 1 aliphatic rings. The van der Waals surface area contributed by atoms with Crippen LogP contribution in [0.3, 0.4) is 0 Å². The van der Waals surface area contributed by atoms with Gasteiger partial charge in [0.15, 0.2) is 0 Å². The van der Waals surface area contributed by atoms with Gasteiger partial charge in [-0.15, -0.1) is 0 Å². The van der Waals surface area contributed by atoms with Crippen LogP contribution in [-0.4, -0.2) is 28.1 Å². The number of aromatic nitrogens is 2. The molecule has 1 saturated heterocycles. The van der Waals surface area contributed by atoms with Crippen LogP contribution in [0.5, 0.6) is 0 Å². The van der Waals surface area contributed by atoms with E-state index in [9.17, 15) is 9.59 Å². The SMILES string of the molecule is O=C1CCC(C(=O)Nc2cccc3cn[nH]c23)N1. The van der Waals surface area contributed by atoms with Gasteiger partial charge in [0.2, 0.25) is 11.8 Å². The summed E-state index contributed by atoms with van der Waals surface area (Å²) < 4.78 is 0. The van der Waals surface area contributed by atoms with E-state index in [1.165, 1.54) is 0 Å². The maximum atomic E-state index is 12.0. The van der Waals surface area contributed by atoms with E-state index in [1.54, 1.807) is 12.3 Å². The molecular formula is C12H12N4O2. The highest BCUT2D eigenvalue weighted by Gasteiger charge is 2.27. The highest BCUT2D eigenvalue weighted by atomic mass is 16.2. The van der Waals surface area contributed by atoms with Crippen LogP contribution in [0.4, 0.5) is 5.69 Å². The topological polar surface area (TPSA) is 86.9 Å². The molecule has 6 heteroatoms. The number of hydrogen-bond donors (Lipinski definition) is 3. The van der Waals surface area contributed by atoms with E-state index in [2.05, 4.69) is 20.8 Å². The number of amides is 2. The van der Waals surface area contributed by atoms with Crippen molar-refractivity contribution in [2.45, 2.75) is 18.9 Å². The van der Waals surface area contributed by atoms with E-state index in [1.807, 2.05) is 12.1 Å². The quantitative estimate of drug-likeness (QED) is 0.729. The fourth-order valence-corrected chi connectivity index (χ4v) is 2.10. The van der Waals surface area contributed by atoms with E-state index >= 15 is 0 Å². The maximum absolute atomic E-state index is 12.0. The molecule has 1 aliphatic heterocycles. The molecule has 6 nitrogen and oxygen atoms in total. The number of benzene rings is 1. The van der Waals surface area contributed by atoms with Crippen molar-refractivity contribution in [2.24, 2.45) is 0 Å². The summed E-state index contributed by atoms with van der Waals surface area (Å²) in [6.07, 6.45) is 2.65. The Labute approximate surface area is 103 Å². The summed E-state index contributed by atoms with van der Waals surface area (Å²) in [6.45, 7) is 0. The van der Waals surface area contributed by atoms with Gasteiger partial charge in [-0.05, 0) is 12.5 Å². The van der Waals surface area contributed by atoms with Crippen molar-refractivity contribution in [3.05, 3.63) is 24.4 Å². The lowest BCUT2D eigenvalue weighted by Crippen LogP contribution is -2.37. The molecule has 2 aromatic rings. The Hall–Kier alpha value is -2.37. The molecule has 1 unspecified atom stereocenters. The molecule has 0 aliphatic carbocycles. The molecule has 1 aromatic heterocycles. The van der Waals surface area contributed by atoms with Crippen LogP contribution in [0.25, 0.3) is 10.9 Å². The fraction of sp³-hybridized carbons (Fsp3) is 0.250. The first-order chi connectivity index (χ1) is 8.74. The van der Waals surface area contributed by atoms with Gasteiger partial charge in [-0.1, -0.05) is 12.1 Å². The molecule has 2 heterocycles. The van der Waals surface area contributed by atoms with Crippen molar-refractivity contribution >= 4 is 28.4 Å². The van der Waals surface area contributed by atoms with Gasteiger partial charge in [0.1, 0.15) is 6.04 Å². The first kappa shape index (κ1) is 10.8. The summed E-state index contributed by atoms with van der Waals surface area (Å²) in [5.41, 5.74) is 1.46. The third kappa shape index (κ3) is 1.81.